The summed E-state index contributed by atoms with van der Waals surface area (Å²) in [5.74, 6) is 0. The summed E-state index contributed by atoms with van der Waals surface area (Å²) in [6.07, 6.45) is 5.49. The van der Waals surface area contributed by atoms with Gasteiger partial charge in [-0.05, 0) is 12.1 Å². The maximum Gasteiger partial charge on any atom is 0.0710 e. The molecular weight excluding hydrogens is 240 g/mol. The molecule has 0 radical (unpaired) electrons. The van der Waals surface area contributed by atoms with E-state index in [9.17, 15) is 0 Å². The van der Waals surface area contributed by atoms with Gasteiger partial charge in [-0.2, -0.15) is 5.10 Å². The van der Waals surface area contributed by atoms with Gasteiger partial charge in [0.1, 0.15) is 0 Å². The molecule has 0 aliphatic carbocycles. The smallest absolute Gasteiger partial charge is 0.0710 e. The second kappa shape index (κ2) is 5.11. The number of hydrogen-bond acceptors (Lipinski definition) is 4. The lowest BCUT2D eigenvalue weighted by atomic mass is 9.89. The lowest BCUT2D eigenvalue weighted by molar-refractivity contribution is -0.0991. The third kappa shape index (κ3) is 2.67. The molecule has 0 spiro atoms. The highest BCUT2D eigenvalue weighted by Gasteiger charge is 2.32. The molecule has 100 valence electrons. The molecule has 1 aliphatic heterocycles. The van der Waals surface area contributed by atoms with Crippen LogP contribution in [0.25, 0.3) is 11.3 Å². The zero-order chi connectivity index (χ0) is 13.1. The molecule has 0 atom stereocenters. The van der Waals surface area contributed by atoms with Crippen molar-refractivity contribution in [1.82, 2.24) is 20.5 Å². The van der Waals surface area contributed by atoms with E-state index >= 15 is 0 Å². The van der Waals surface area contributed by atoms with Crippen molar-refractivity contribution in [2.24, 2.45) is 5.41 Å². The summed E-state index contributed by atoms with van der Waals surface area (Å²) in [6, 6.07) is 3.96. The highest BCUT2D eigenvalue weighted by atomic mass is 16.5. The van der Waals surface area contributed by atoms with E-state index in [4.69, 9.17) is 4.74 Å². The molecule has 0 unspecified atom stereocenters. The number of rotatable bonds is 5. The van der Waals surface area contributed by atoms with Crippen LogP contribution in [0.1, 0.15) is 12.5 Å². The predicted octanol–water partition coefficient (Wildman–Crippen LogP) is 1.60. The molecule has 0 amide bonds. The van der Waals surface area contributed by atoms with Gasteiger partial charge in [0.05, 0.1) is 25.1 Å². The molecule has 0 bridgehead atoms. The fourth-order valence-corrected chi connectivity index (χ4v) is 2.26. The topological polar surface area (TPSA) is 62.8 Å². The van der Waals surface area contributed by atoms with Crippen molar-refractivity contribution >= 4 is 0 Å². The number of hydrogen-bond donors (Lipinski definition) is 2. The van der Waals surface area contributed by atoms with E-state index in [1.165, 1.54) is 0 Å². The zero-order valence-corrected chi connectivity index (χ0v) is 11.0. The standard InChI is InChI=1S/C14H18N4O/c1-14(9-19-10-14)8-16-6-12-7-17-18-13(12)11-3-2-4-15-5-11/h2-5,7,16H,6,8-10H2,1H3,(H,17,18). The van der Waals surface area contributed by atoms with Crippen LogP contribution in [-0.2, 0) is 11.3 Å². The molecule has 19 heavy (non-hydrogen) atoms. The summed E-state index contributed by atoms with van der Waals surface area (Å²) in [7, 11) is 0. The van der Waals surface area contributed by atoms with Gasteiger partial charge in [0.2, 0.25) is 0 Å². The normalized spacial score (nSPS) is 17.1. The molecule has 1 fully saturated rings. The van der Waals surface area contributed by atoms with E-state index in [2.05, 4.69) is 27.4 Å². The molecule has 3 heterocycles. The van der Waals surface area contributed by atoms with E-state index < -0.39 is 0 Å². The van der Waals surface area contributed by atoms with Gasteiger partial charge < -0.3 is 10.1 Å². The van der Waals surface area contributed by atoms with Crippen LogP contribution in [0.5, 0.6) is 0 Å². The Hall–Kier alpha value is -1.72. The highest BCUT2D eigenvalue weighted by Crippen LogP contribution is 2.25. The summed E-state index contributed by atoms with van der Waals surface area (Å²) in [6.45, 7) is 5.70. The third-order valence-electron chi connectivity index (χ3n) is 3.44. The number of ether oxygens (including phenoxy) is 1. The van der Waals surface area contributed by atoms with E-state index in [1.807, 2.05) is 24.5 Å². The molecule has 0 aromatic carbocycles. The average Bonchev–Trinajstić information content (AvgIpc) is 2.86. The van der Waals surface area contributed by atoms with E-state index in [-0.39, 0.29) is 5.41 Å². The van der Waals surface area contributed by atoms with Crippen LogP contribution in [-0.4, -0.2) is 34.9 Å². The van der Waals surface area contributed by atoms with Gasteiger partial charge in [-0.15, -0.1) is 0 Å². The van der Waals surface area contributed by atoms with Gasteiger partial charge >= 0.3 is 0 Å². The Bertz CT molecular complexity index is 533. The Morgan fingerprint density at radius 1 is 1.42 bits per heavy atom. The van der Waals surface area contributed by atoms with Crippen molar-refractivity contribution in [2.45, 2.75) is 13.5 Å². The molecule has 2 aromatic heterocycles. The minimum absolute atomic E-state index is 0.290. The zero-order valence-electron chi connectivity index (χ0n) is 11.0. The van der Waals surface area contributed by atoms with Crippen LogP contribution in [0.15, 0.2) is 30.7 Å². The number of aromatic nitrogens is 3. The van der Waals surface area contributed by atoms with Crippen molar-refractivity contribution < 1.29 is 4.74 Å². The molecule has 3 rings (SSSR count). The largest absolute Gasteiger partial charge is 0.380 e. The molecule has 1 saturated heterocycles. The van der Waals surface area contributed by atoms with Crippen molar-refractivity contribution in [3.8, 4) is 11.3 Å². The number of nitrogens with one attached hydrogen (secondary N) is 2. The second-order valence-electron chi connectivity index (χ2n) is 5.42. The fourth-order valence-electron chi connectivity index (χ4n) is 2.26. The summed E-state index contributed by atoms with van der Waals surface area (Å²) in [5, 5.41) is 10.7. The Labute approximate surface area is 112 Å². The molecule has 0 saturated carbocycles. The fraction of sp³-hybridized carbons (Fsp3) is 0.429. The van der Waals surface area contributed by atoms with Crippen molar-refractivity contribution in [3.63, 3.8) is 0 Å². The van der Waals surface area contributed by atoms with Gasteiger partial charge in [-0.25, -0.2) is 0 Å². The van der Waals surface area contributed by atoms with Crippen molar-refractivity contribution in [2.75, 3.05) is 19.8 Å². The lowest BCUT2D eigenvalue weighted by Gasteiger charge is -2.38. The first-order valence-corrected chi connectivity index (χ1v) is 6.48. The molecule has 2 aromatic rings. The van der Waals surface area contributed by atoms with Gasteiger partial charge in [-0.3, -0.25) is 10.1 Å². The number of nitrogens with zero attached hydrogens (tertiary/aromatic N) is 2. The quantitative estimate of drug-likeness (QED) is 0.855. The van der Waals surface area contributed by atoms with Crippen LogP contribution >= 0.6 is 0 Å². The van der Waals surface area contributed by atoms with Crippen LogP contribution in [0.4, 0.5) is 0 Å². The van der Waals surface area contributed by atoms with E-state index in [0.717, 1.165) is 43.1 Å². The molecule has 5 nitrogen and oxygen atoms in total. The minimum atomic E-state index is 0.290. The van der Waals surface area contributed by atoms with Crippen molar-refractivity contribution in [1.29, 1.82) is 0 Å². The average molecular weight is 258 g/mol. The third-order valence-corrected chi connectivity index (χ3v) is 3.44. The lowest BCUT2D eigenvalue weighted by Crippen LogP contribution is -2.47. The minimum Gasteiger partial charge on any atom is -0.380 e. The Kier molecular flexibility index (Phi) is 3.31. The van der Waals surface area contributed by atoms with Gasteiger partial charge in [0, 0.05) is 42.0 Å². The Morgan fingerprint density at radius 3 is 3.00 bits per heavy atom. The second-order valence-corrected chi connectivity index (χ2v) is 5.42. The van der Waals surface area contributed by atoms with E-state index in [0.29, 0.717) is 0 Å². The van der Waals surface area contributed by atoms with Crippen LogP contribution in [0.3, 0.4) is 0 Å². The highest BCUT2D eigenvalue weighted by molar-refractivity contribution is 5.61. The van der Waals surface area contributed by atoms with Crippen LogP contribution in [0, 0.1) is 5.41 Å². The molecule has 5 heteroatoms. The predicted molar refractivity (Wildman–Crippen MR) is 72.5 cm³/mol. The maximum absolute atomic E-state index is 5.25. The van der Waals surface area contributed by atoms with Crippen LogP contribution in [0.2, 0.25) is 0 Å². The summed E-state index contributed by atoms with van der Waals surface area (Å²) >= 11 is 0. The van der Waals surface area contributed by atoms with Gasteiger partial charge in [0.25, 0.3) is 0 Å². The van der Waals surface area contributed by atoms with Gasteiger partial charge in [0.15, 0.2) is 0 Å². The first-order valence-electron chi connectivity index (χ1n) is 6.48. The van der Waals surface area contributed by atoms with Crippen LogP contribution < -0.4 is 5.32 Å². The number of H-pyrrole nitrogens is 1. The monoisotopic (exact) mass is 258 g/mol. The molecule has 1 aliphatic rings. The van der Waals surface area contributed by atoms with Gasteiger partial charge in [-0.1, -0.05) is 6.92 Å². The van der Waals surface area contributed by atoms with Crippen molar-refractivity contribution in [3.05, 3.63) is 36.3 Å². The summed E-state index contributed by atoms with van der Waals surface area (Å²) in [5.41, 5.74) is 3.56. The summed E-state index contributed by atoms with van der Waals surface area (Å²) < 4.78 is 5.25. The molecular formula is C14H18N4O. The van der Waals surface area contributed by atoms with E-state index in [1.54, 1.807) is 6.20 Å². The Balaban J connectivity index is 1.64. The number of aromatic amines is 1. The summed E-state index contributed by atoms with van der Waals surface area (Å²) in [4.78, 5) is 4.14. The molecule has 2 N–H and O–H groups in total. The SMILES string of the molecule is CC1(CNCc2cn[nH]c2-c2cccnc2)COC1. The maximum atomic E-state index is 5.25. The number of pyridine rings is 1. The first-order chi connectivity index (χ1) is 9.27. The Morgan fingerprint density at radius 2 is 2.32 bits per heavy atom. The first kappa shape index (κ1) is 12.3.